The average Bonchev–Trinajstić information content (AvgIpc) is 2.36. The van der Waals surface area contributed by atoms with Crippen LogP contribution in [0.4, 0.5) is 5.82 Å². The molecule has 0 amide bonds. The molecule has 1 unspecified atom stereocenters. The first-order valence-electron chi connectivity index (χ1n) is 6.76. The summed E-state index contributed by atoms with van der Waals surface area (Å²) in [7, 11) is 2.12. The maximum Gasteiger partial charge on any atom is 0.129 e. The van der Waals surface area contributed by atoms with Crippen LogP contribution in [0.15, 0.2) is 12.1 Å². The molecule has 0 N–H and O–H groups in total. The molecule has 0 spiro atoms. The van der Waals surface area contributed by atoms with Crippen molar-refractivity contribution in [3.63, 3.8) is 0 Å². The highest BCUT2D eigenvalue weighted by Crippen LogP contribution is 2.20. The van der Waals surface area contributed by atoms with E-state index in [0.29, 0.717) is 17.8 Å². The first kappa shape index (κ1) is 15.3. The Balaban J connectivity index is 2.93. The van der Waals surface area contributed by atoms with Crippen molar-refractivity contribution in [2.45, 2.75) is 52.5 Å². The Labute approximate surface area is 116 Å². The van der Waals surface area contributed by atoms with Gasteiger partial charge in [-0.25, -0.2) is 4.98 Å². The van der Waals surface area contributed by atoms with E-state index in [0.717, 1.165) is 23.5 Å². The Kier molecular flexibility index (Phi) is 5.94. The molecular weight excluding hydrogens is 244 g/mol. The Bertz CT molecular complexity index is 355. The molecule has 18 heavy (non-hydrogen) atoms. The maximum absolute atomic E-state index is 5.95. The molecule has 2 nitrogen and oxygen atoms in total. The Hall–Kier alpha value is -0.760. The summed E-state index contributed by atoms with van der Waals surface area (Å²) in [6.07, 6.45) is 2.12. The van der Waals surface area contributed by atoms with Gasteiger partial charge in [-0.3, -0.25) is 0 Å². The zero-order valence-electron chi connectivity index (χ0n) is 12.2. The molecule has 0 bridgehead atoms. The summed E-state index contributed by atoms with van der Waals surface area (Å²) in [5, 5.41) is 0. The van der Waals surface area contributed by atoms with Crippen LogP contribution < -0.4 is 4.90 Å². The summed E-state index contributed by atoms with van der Waals surface area (Å²) >= 11 is 5.95. The standard InChI is InChI=1S/C15H25ClN2/c1-6-14-8-13(10-16)9-15(17-14)18(5)12(4)7-11(2)3/h8-9,11-12H,6-7,10H2,1-5H3. The SMILES string of the molecule is CCc1cc(CCl)cc(N(C)C(C)CC(C)C)n1. The first-order chi connectivity index (χ1) is 8.47. The van der Waals surface area contributed by atoms with Crippen LogP contribution >= 0.6 is 11.6 Å². The lowest BCUT2D eigenvalue weighted by Crippen LogP contribution is -2.31. The summed E-state index contributed by atoms with van der Waals surface area (Å²) < 4.78 is 0. The number of aryl methyl sites for hydroxylation is 1. The fourth-order valence-electron chi connectivity index (χ4n) is 2.14. The minimum Gasteiger partial charge on any atom is -0.357 e. The normalized spacial score (nSPS) is 12.8. The van der Waals surface area contributed by atoms with E-state index in [4.69, 9.17) is 16.6 Å². The van der Waals surface area contributed by atoms with E-state index in [1.54, 1.807) is 0 Å². The Morgan fingerprint density at radius 2 is 1.94 bits per heavy atom. The minimum atomic E-state index is 0.493. The molecule has 0 aliphatic heterocycles. The van der Waals surface area contributed by atoms with Gasteiger partial charge in [0.1, 0.15) is 5.82 Å². The predicted octanol–water partition coefficient (Wildman–Crippen LogP) is 4.25. The van der Waals surface area contributed by atoms with Gasteiger partial charge in [-0.2, -0.15) is 0 Å². The Morgan fingerprint density at radius 3 is 2.44 bits per heavy atom. The predicted molar refractivity (Wildman–Crippen MR) is 80.5 cm³/mol. The molecule has 0 aliphatic carbocycles. The molecule has 0 aromatic carbocycles. The van der Waals surface area contributed by atoms with Crippen LogP contribution in [-0.2, 0) is 12.3 Å². The monoisotopic (exact) mass is 268 g/mol. The summed E-state index contributed by atoms with van der Waals surface area (Å²) in [5.74, 6) is 2.29. The third-order valence-electron chi connectivity index (χ3n) is 3.28. The van der Waals surface area contributed by atoms with Crippen molar-refractivity contribution in [2.24, 2.45) is 5.92 Å². The van der Waals surface area contributed by atoms with Gasteiger partial charge in [-0.15, -0.1) is 11.6 Å². The number of pyridine rings is 1. The van der Waals surface area contributed by atoms with Crippen molar-refractivity contribution in [1.82, 2.24) is 4.98 Å². The largest absolute Gasteiger partial charge is 0.357 e. The van der Waals surface area contributed by atoms with Gasteiger partial charge in [0.2, 0.25) is 0 Å². The Morgan fingerprint density at radius 1 is 1.28 bits per heavy atom. The molecule has 0 fully saturated rings. The van der Waals surface area contributed by atoms with E-state index in [1.165, 1.54) is 6.42 Å². The first-order valence-corrected chi connectivity index (χ1v) is 7.30. The zero-order valence-corrected chi connectivity index (χ0v) is 13.0. The average molecular weight is 269 g/mol. The second kappa shape index (κ2) is 6.98. The van der Waals surface area contributed by atoms with Crippen molar-refractivity contribution in [3.8, 4) is 0 Å². The van der Waals surface area contributed by atoms with Crippen molar-refractivity contribution in [1.29, 1.82) is 0 Å². The van der Waals surface area contributed by atoms with Crippen molar-refractivity contribution >= 4 is 17.4 Å². The van der Waals surface area contributed by atoms with Crippen LogP contribution in [-0.4, -0.2) is 18.1 Å². The fraction of sp³-hybridized carbons (Fsp3) is 0.667. The van der Waals surface area contributed by atoms with Crippen molar-refractivity contribution in [2.75, 3.05) is 11.9 Å². The minimum absolute atomic E-state index is 0.493. The van der Waals surface area contributed by atoms with Crippen molar-refractivity contribution in [3.05, 3.63) is 23.4 Å². The van der Waals surface area contributed by atoms with Gasteiger partial charge in [0.25, 0.3) is 0 Å². The van der Waals surface area contributed by atoms with Gasteiger partial charge < -0.3 is 4.90 Å². The van der Waals surface area contributed by atoms with Gasteiger partial charge in [-0.1, -0.05) is 20.8 Å². The smallest absolute Gasteiger partial charge is 0.129 e. The highest BCUT2D eigenvalue weighted by molar-refractivity contribution is 6.17. The lowest BCUT2D eigenvalue weighted by molar-refractivity contribution is 0.502. The molecule has 0 saturated carbocycles. The molecule has 1 aromatic rings. The molecule has 0 radical (unpaired) electrons. The molecule has 1 atom stereocenters. The second-order valence-corrected chi connectivity index (χ2v) is 5.67. The number of anilines is 1. The third-order valence-corrected chi connectivity index (χ3v) is 3.58. The summed E-state index contributed by atoms with van der Waals surface area (Å²) in [6.45, 7) is 8.89. The zero-order chi connectivity index (χ0) is 13.7. The maximum atomic E-state index is 5.95. The van der Waals surface area contributed by atoms with E-state index in [2.05, 4.69) is 51.8 Å². The lowest BCUT2D eigenvalue weighted by atomic mass is 10.0. The van der Waals surface area contributed by atoms with Gasteiger partial charge in [0, 0.05) is 24.7 Å². The second-order valence-electron chi connectivity index (χ2n) is 5.40. The van der Waals surface area contributed by atoms with E-state index >= 15 is 0 Å². The molecule has 102 valence electrons. The van der Waals surface area contributed by atoms with E-state index in [1.807, 2.05) is 0 Å². The quantitative estimate of drug-likeness (QED) is 0.717. The van der Waals surface area contributed by atoms with Crippen LogP contribution in [0, 0.1) is 5.92 Å². The number of hydrogen-bond acceptors (Lipinski definition) is 2. The van der Waals surface area contributed by atoms with Gasteiger partial charge in [-0.05, 0) is 43.4 Å². The number of halogens is 1. The fourth-order valence-corrected chi connectivity index (χ4v) is 2.29. The van der Waals surface area contributed by atoms with E-state index in [-0.39, 0.29) is 0 Å². The lowest BCUT2D eigenvalue weighted by Gasteiger charge is -2.28. The number of rotatable bonds is 6. The number of nitrogens with zero attached hydrogens (tertiary/aromatic N) is 2. The molecule has 0 saturated heterocycles. The molecular formula is C15H25ClN2. The van der Waals surface area contributed by atoms with Gasteiger partial charge in [0.15, 0.2) is 0 Å². The highest BCUT2D eigenvalue weighted by Gasteiger charge is 2.14. The molecule has 1 heterocycles. The third kappa shape index (κ3) is 4.16. The number of aromatic nitrogens is 1. The number of hydrogen-bond donors (Lipinski definition) is 0. The highest BCUT2D eigenvalue weighted by atomic mass is 35.5. The molecule has 0 aliphatic rings. The van der Waals surface area contributed by atoms with E-state index < -0.39 is 0 Å². The van der Waals surface area contributed by atoms with Crippen molar-refractivity contribution < 1.29 is 0 Å². The molecule has 1 rings (SSSR count). The van der Waals surface area contributed by atoms with Crippen LogP contribution in [0.3, 0.4) is 0 Å². The van der Waals surface area contributed by atoms with Gasteiger partial charge in [0.05, 0.1) is 0 Å². The van der Waals surface area contributed by atoms with E-state index in [9.17, 15) is 0 Å². The molecule has 3 heteroatoms. The summed E-state index contributed by atoms with van der Waals surface area (Å²) in [6, 6.07) is 4.69. The molecule has 1 aromatic heterocycles. The van der Waals surface area contributed by atoms with Crippen LogP contribution in [0.1, 0.15) is 45.4 Å². The van der Waals surface area contributed by atoms with Gasteiger partial charge >= 0.3 is 0 Å². The van der Waals surface area contributed by atoms with Crippen LogP contribution in [0.25, 0.3) is 0 Å². The van der Waals surface area contributed by atoms with Crippen LogP contribution in [0.5, 0.6) is 0 Å². The van der Waals surface area contributed by atoms with Crippen LogP contribution in [0.2, 0.25) is 0 Å². The summed E-state index contributed by atoms with van der Waals surface area (Å²) in [4.78, 5) is 6.95. The topological polar surface area (TPSA) is 16.1 Å². The summed E-state index contributed by atoms with van der Waals surface area (Å²) in [5.41, 5.74) is 2.27. The number of alkyl halides is 1.